The fourth-order valence-corrected chi connectivity index (χ4v) is 2.97. The summed E-state index contributed by atoms with van der Waals surface area (Å²) >= 11 is 1.57. The number of aromatic nitrogens is 3. The van der Waals surface area contributed by atoms with Crippen molar-refractivity contribution in [1.82, 2.24) is 15.0 Å². The molecule has 2 heterocycles. The average Bonchev–Trinajstić information content (AvgIpc) is 2.63. The largest absolute Gasteiger partial charge is 0.305 e. The highest BCUT2D eigenvalue weighted by molar-refractivity contribution is 7.09. The third-order valence-corrected chi connectivity index (χ3v) is 4.08. The summed E-state index contributed by atoms with van der Waals surface area (Å²) in [5.74, 6) is 0.616. The zero-order chi connectivity index (χ0) is 12.5. The molecule has 5 heteroatoms. The number of nitrogens with zero attached hydrogens (tertiary/aromatic N) is 2. The van der Waals surface area contributed by atoms with Crippen molar-refractivity contribution in [2.45, 2.75) is 39.0 Å². The van der Waals surface area contributed by atoms with Crippen molar-refractivity contribution in [2.75, 3.05) is 0 Å². The molecule has 3 rings (SSSR count). The fourth-order valence-electron chi connectivity index (χ4n) is 2.37. The van der Waals surface area contributed by atoms with E-state index >= 15 is 0 Å². The van der Waals surface area contributed by atoms with Gasteiger partial charge in [-0.3, -0.25) is 4.79 Å². The van der Waals surface area contributed by atoms with Crippen molar-refractivity contribution in [1.29, 1.82) is 0 Å². The Kier molecular flexibility index (Phi) is 2.99. The van der Waals surface area contributed by atoms with Gasteiger partial charge in [0.05, 0.1) is 10.7 Å². The predicted molar refractivity (Wildman–Crippen MR) is 72.0 cm³/mol. The number of H-pyrrole nitrogens is 1. The van der Waals surface area contributed by atoms with Gasteiger partial charge in [-0.05, 0) is 32.6 Å². The molecule has 0 atom stereocenters. The smallest absolute Gasteiger partial charge is 0.254 e. The summed E-state index contributed by atoms with van der Waals surface area (Å²) in [6.07, 6.45) is 5.16. The maximum Gasteiger partial charge on any atom is 0.254 e. The van der Waals surface area contributed by atoms with E-state index in [2.05, 4.69) is 15.0 Å². The van der Waals surface area contributed by atoms with Crippen LogP contribution in [-0.4, -0.2) is 15.0 Å². The first-order valence-electron chi connectivity index (χ1n) is 6.28. The van der Waals surface area contributed by atoms with Crippen LogP contribution in [0.5, 0.6) is 0 Å². The summed E-state index contributed by atoms with van der Waals surface area (Å²) in [4.78, 5) is 24.0. The van der Waals surface area contributed by atoms with E-state index in [1.807, 2.05) is 12.3 Å². The van der Waals surface area contributed by atoms with E-state index < -0.39 is 0 Å². The molecule has 0 aliphatic heterocycles. The van der Waals surface area contributed by atoms with E-state index in [0.29, 0.717) is 5.82 Å². The zero-order valence-electron chi connectivity index (χ0n) is 10.3. The highest BCUT2D eigenvalue weighted by atomic mass is 32.1. The summed E-state index contributed by atoms with van der Waals surface area (Å²) in [6, 6.07) is 0. The molecular weight excluding hydrogens is 246 g/mol. The van der Waals surface area contributed by atoms with Crippen LogP contribution in [0.3, 0.4) is 0 Å². The van der Waals surface area contributed by atoms with E-state index in [1.165, 1.54) is 6.42 Å². The lowest BCUT2D eigenvalue weighted by Crippen LogP contribution is -2.18. The first-order valence-corrected chi connectivity index (χ1v) is 7.16. The number of hydrogen-bond acceptors (Lipinski definition) is 4. The molecular formula is C13H15N3OS. The van der Waals surface area contributed by atoms with Crippen molar-refractivity contribution >= 4 is 11.3 Å². The van der Waals surface area contributed by atoms with E-state index in [4.69, 9.17) is 0 Å². The average molecular weight is 261 g/mol. The topological polar surface area (TPSA) is 58.6 Å². The Morgan fingerprint density at radius 1 is 1.22 bits per heavy atom. The second-order valence-corrected chi connectivity index (χ2v) is 5.71. The molecule has 0 saturated heterocycles. The van der Waals surface area contributed by atoms with Gasteiger partial charge in [-0.2, -0.15) is 0 Å². The van der Waals surface area contributed by atoms with Gasteiger partial charge in [0.25, 0.3) is 5.56 Å². The van der Waals surface area contributed by atoms with Crippen molar-refractivity contribution < 1.29 is 0 Å². The van der Waals surface area contributed by atoms with Gasteiger partial charge in [-0.25, -0.2) is 9.97 Å². The van der Waals surface area contributed by atoms with Crippen LogP contribution in [-0.2, 0) is 12.8 Å². The number of hydrogen-bond donors (Lipinski definition) is 1. The molecule has 0 bridgehead atoms. The fraction of sp³-hybridized carbons (Fsp3) is 0.462. The summed E-state index contributed by atoms with van der Waals surface area (Å²) < 4.78 is 0. The lowest BCUT2D eigenvalue weighted by atomic mass is 10.1. The Morgan fingerprint density at radius 2 is 2.06 bits per heavy atom. The van der Waals surface area contributed by atoms with Gasteiger partial charge in [0.2, 0.25) is 0 Å². The highest BCUT2D eigenvalue weighted by Gasteiger charge is 2.15. The van der Waals surface area contributed by atoms with E-state index in [1.54, 1.807) is 11.3 Å². The molecule has 18 heavy (non-hydrogen) atoms. The molecule has 0 saturated carbocycles. The van der Waals surface area contributed by atoms with E-state index in [-0.39, 0.29) is 5.56 Å². The molecule has 0 radical (unpaired) electrons. The maximum absolute atomic E-state index is 12.1. The van der Waals surface area contributed by atoms with Crippen molar-refractivity contribution in [3.05, 3.63) is 32.0 Å². The molecule has 2 aromatic heterocycles. The Bertz CT molecular complexity index is 629. The van der Waals surface area contributed by atoms with Gasteiger partial charge in [0.15, 0.2) is 5.82 Å². The molecule has 1 N–H and O–H groups in total. The standard InChI is InChI=1S/C13H15N3OS/c1-8-14-11(7-18-8)12-15-10-6-4-2-3-5-9(10)13(17)16-12/h7H,2-6H2,1H3,(H,15,16,17). The first kappa shape index (κ1) is 11.6. The Morgan fingerprint density at radius 3 is 2.83 bits per heavy atom. The monoisotopic (exact) mass is 261 g/mol. The lowest BCUT2D eigenvalue weighted by molar-refractivity contribution is 0.708. The molecule has 0 fully saturated rings. The van der Waals surface area contributed by atoms with E-state index in [9.17, 15) is 4.79 Å². The van der Waals surface area contributed by atoms with E-state index in [0.717, 1.165) is 47.6 Å². The quantitative estimate of drug-likeness (QED) is 0.802. The van der Waals surface area contributed by atoms with Crippen molar-refractivity contribution in [2.24, 2.45) is 0 Å². The van der Waals surface area contributed by atoms with Crippen LogP contribution in [0.25, 0.3) is 11.5 Å². The summed E-state index contributed by atoms with van der Waals surface area (Å²) in [6.45, 7) is 1.95. The third kappa shape index (κ3) is 2.10. The Balaban J connectivity index is 2.10. The minimum absolute atomic E-state index is 0.0163. The van der Waals surface area contributed by atoms with Crippen LogP contribution in [0.15, 0.2) is 10.2 Å². The minimum atomic E-state index is 0.0163. The van der Waals surface area contributed by atoms with Crippen molar-refractivity contribution in [3.8, 4) is 11.5 Å². The third-order valence-electron chi connectivity index (χ3n) is 3.30. The van der Waals surface area contributed by atoms with Crippen molar-refractivity contribution in [3.63, 3.8) is 0 Å². The predicted octanol–water partition coefficient (Wildman–Crippen LogP) is 2.47. The van der Waals surface area contributed by atoms with Crippen LogP contribution >= 0.6 is 11.3 Å². The van der Waals surface area contributed by atoms with Crippen LogP contribution < -0.4 is 5.56 Å². The summed E-state index contributed by atoms with van der Waals surface area (Å²) in [5, 5.41) is 2.93. The zero-order valence-corrected chi connectivity index (χ0v) is 11.1. The van der Waals surface area contributed by atoms with Gasteiger partial charge in [0, 0.05) is 10.9 Å². The number of fused-ring (bicyclic) bond motifs is 1. The number of aromatic amines is 1. The number of nitrogens with one attached hydrogen (secondary N) is 1. The molecule has 94 valence electrons. The van der Waals surface area contributed by atoms with Crippen LogP contribution in [0, 0.1) is 6.92 Å². The Hall–Kier alpha value is -1.49. The summed E-state index contributed by atoms with van der Waals surface area (Å²) in [5.41, 5.74) is 2.64. The molecule has 0 aromatic carbocycles. The number of rotatable bonds is 1. The normalized spacial score (nSPS) is 15.2. The highest BCUT2D eigenvalue weighted by Crippen LogP contribution is 2.20. The number of aryl methyl sites for hydroxylation is 2. The SMILES string of the molecule is Cc1nc(-c2nc3c(c(=O)[nH]2)CCCCC3)cs1. The molecule has 2 aromatic rings. The van der Waals surface area contributed by atoms with Gasteiger partial charge in [0.1, 0.15) is 5.69 Å². The molecule has 4 nitrogen and oxygen atoms in total. The summed E-state index contributed by atoms with van der Waals surface area (Å²) in [7, 11) is 0. The van der Waals surface area contributed by atoms with Gasteiger partial charge >= 0.3 is 0 Å². The van der Waals surface area contributed by atoms with Crippen LogP contribution in [0.4, 0.5) is 0 Å². The van der Waals surface area contributed by atoms with Crippen LogP contribution in [0.1, 0.15) is 35.5 Å². The maximum atomic E-state index is 12.1. The molecule has 1 aliphatic carbocycles. The Labute approximate surface area is 109 Å². The second-order valence-electron chi connectivity index (χ2n) is 4.65. The van der Waals surface area contributed by atoms with Crippen LogP contribution in [0.2, 0.25) is 0 Å². The first-order chi connectivity index (χ1) is 8.74. The van der Waals surface area contributed by atoms with Gasteiger partial charge in [-0.1, -0.05) is 6.42 Å². The van der Waals surface area contributed by atoms with Gasteiger partial charge < -0.3 is 4.98 Å². The molecule has 0 amide bonds. The molecule has 0 unspecified atom stereocenters. The minimum Gasteiger partial charge on any atom is -0.305 e. The molecule has 1 aliphatic rings. The van der Waals surface area contributed by atoms with Gasteiger partial charge in [-0.15, -0.1) is 11.3 Å². The molecule has 0 spiro atoms. The second kappa shape index (κ2) is 4.65. The number of thiazole rings is 1. The lowest BCUT2D eigenvalue weighted by Gasteiger charge is -2.05.